The van der Waals surface area contributed by atoms with Gasteiger partial charge in [0, 0.05) is 0 Å². The fourth-order valence-corrected chi connectivity index (χ4v) is 2.20. The molecule has 0 aromatic heterocycles. The highest BCUT2D eigenvalue weighted by atomic mass is 16.3. The van der Waals surface area contributed by atoms with E-state index in [0.717, 1.165) is 18.8 Å². The van der Waals surface area contributed by atoms with Crippen LogP contribution >= 0.6 is 0 Å². The first-order valence-corrected chi connectivity index (χ1v) is 5.30. The van der Waals surface area contributed by atoms with Crippen LogP contribution in [-0.2, 0) is 0 Å². The second kappa shape index (κ2) is 3.78. The molecule has 12 heavy (non-hydrogen) atoms. The third kappa shape index (κ3) is 1.82. The van der Waals surface area contributed by atoms with E-state index in [1.807, 2.05) is 0 Å². The van der Waals surface area contributed by atoms with Gasteiger partial charge in [-0.1, -0.05) is 27.2 Å². The summed E-state index contributed by atoms with van der Waals surface area (Å²) in [6.07, 6.45) is 5.85. The van der Waals surface area contributed by atoms with Crippen LogP contribution in [-0.4, -0.2) is 11.2 Å². The van der Waals surface area contributed by atoms with Crippen LogP contribution < -0.4 is 0 Å². The van der Waals surface area contributed by atoms with Gasteiger partial charge >= 0.3 is 0 Å². The number of hydrogen-bond donors (Lipinski definition) is 1. The Morgan fingerprint density at radius 2 is 2.08 bits per heavy atom. The third-order valence-electron chi connectivity index (χ3n) is 3.87. The van der Waals surface area contributed by atoms with Crippen molar-refractivity contribution in [1.29, 1.82) is 0 Å². The normalized spacial score (nSPS) is 43.0. The molecular formula is C11H22O. The topological polar surface area (TPSA) is 20.2 Å². The number of rotatable bonds is 2. The van der Waals surface area contributed by atoms with Crippen LogP contribution in [0.25, 0.3) is 0 Å². The fourth-order valence-electron chi connectivity index (χ4n) is 2.20. The van der Waals surface area contributed by atoms with Gasteiger partial charge in [-0.15, -0.1) is 0 Å². The molecule has 0 bridgehead atoms. The Morgan fingerprint density at radius 3 is 2.50 bits per heavy atom. The summed E-state index contributed by atoms with van der Waals surface area (Å²) >= 11 is 0. The van der Waals surface area contributed by atoms with Gasteiger partial charge in [-0.2, -0.15) is 0 Å². The van der Waals surface area contributed by atoms with Crippen molar-refractivity contribution in [2.75, 3.05) is 0 Å². The second-order valence-electron chi connectivity index (χ2n) is 4.57. The van der Waals surface area contributed by atoms with Gasteiger partial charge in [-0.25, -0.2) is 0 Å². The molecule has 0 aromatic carbocycles. The molecule has 1 aliphatic carbocycles. The molecule has 3 unspecified atom stereocenters. The molecule has 0 heterocycles. The standard InChI is InChI=1S/C11H22O/c1-4-9-6-7-11(3,5-2)10(12)8-9/h9-10,12H,4-8H2,1-3H3. The molecule has 3 atom stereocenters. The lowest BCUT2D eigenvalue weighted by Gasteiger charge is -2.41. The highest BCUT2D eigenvalue weighted by Crippen LogP contribution is 2.41. The summed E-state index contributed by atoms with van der Waals surface area (Å²) in [7, 11) is 0. The maximum atomic E-state index is 9.93. The van der Waals surface area contributed by atoms with Crippen LogP contribution in [0.1, 0.15) is 52.9 Å². The third-order valence-corrected chi connectivity index (χ3v) is 3.87. The summed E-state index contributed by atoms with van der Waals surface area (Å²) in [5.41, 5.74) is 0.214. The van der Waals surface area contributed by atoms with E-state index in [4.69, 9.17) is 0 Å². The van der Waals surface area contributed by atoms with Crippen LogP contribution in [0.4, 0.5) is 0 Å². The first-order valence-electron chi connectivity index (χ1n) is 5.30. The van der Waals surface area contributed by atoms with E-state index in [9.17, 15) is 5.11 Å². The van der Waals surface area contributed by atoms with Crippen molar-refractivity contribution in [3.8, 4) is 0 Å². The quantitative estimate of drug-likeness (QED) is 0.675. The van der Waals surface area contributed by atoms with Crippen molar-refractivity contribution in [2.24, 2.45) is 11.3 Å². The van der Waals surface area contributed by atoms with E-state index in [1.54, 1.807) is 0 Å². The van der Waals surface area contributed by atoms with Gasteiger partial charge in [-0.05, 0) is 37.0 Å². The number of hydrogen-bond acceptors (Lipinski definition) is 1. The summed E-state index contributed by atoms with van der Waals surface area (Å²) < 4.78 is 0. The molecule has 1 N–H and O–H groups in total. The molecule has 1 fully saturated rings. The molecule has 72 valence electrons. The maximum Gasteiger partial charge on any atom is 0.0596 e. The molecule has 1 heteroatoms. The Morgan fingerprint density at radius 1 is 1.42 bits per heavy atom. The lowest BCUT2D eigenvalue weighted by molar-refractivity contribution is -0.0227. The smallest absolute Gasteiger partial charge is 0.0596 e. The Labute approximate surface area is 76.2 Å². The molecule has 0 amide bonds. The van der Waals surface area contributed by atoms with Gasteiger partial charge < -0.3 is 5.11 Å². The summed E-state index contributed by atoms with van der Waals surface area (Å²) in [6, 6.07) is 0. The Bertz CT molecular complexity index is 144. The fraction of sp³-hybridized carbons (Fsp3) is 1.00. The van der Waals surface area contributed by atoms with Crippen molar-refractivity contribution in [1.82, 2.24) is 0 Å². The van der Waals surface area contributed by atoms with Gasteiger partial charge in [-0.3, -0.25) is 0 Å². The van der Waals surface area contributed by atoms with Crippen molar-refractivity contribution in [3.63, 3.8) is 0 Å². The molecule has 1 rings (SSSR count). The minimum atomic E-state index is -0.0544. The van der Waals surface area contributed by atoms with E-state index in [1.165, 1.54) is 19.3 Å². The van der Waals surface area contributed by atoms with Crippen molar-refractivity contribution in [3.05, 3.63) is 0 Å². The summed E-state index contributed by atoms with van der Waals surface area (Å²) in [4.78, 5) is 0. The zero-order chi connectivity index (χ0) is 9.19. The zero-order valence-corrected chi connectivity index (χ0v) is 8.64. The summed E-state index contributed by atoms with van der Waals surface area (Å²) in [5.74, 6) is 0.777. The number of aliphatic hydroxyl groups excluding tert-OH is 1. The minimum absolute atomic E-state index is 0.0544. The van der Waals surface area contributed by atoms with E-state index < -0.39 is 0 Å². The van der Waals surface area contributed by atoms with Crippen LogP contribution in [0.2, 0.25) is 0 Å². The monoisotopic (exact) mass is 170 g/mol. The predicted molar refractivity (Wildman–Crippen MR) is 52.0 cm³/mol. The summed E-state index contributed by atoms with van der Waals surface area (Å²) in [6.45, 7) is 6.64. The van der Waals surface area contributed by atoms with Gasteiger partial charge in [0.1, 0.15) is 0 Å². The lowest BCUT2D eigenvalue weighted by Crippen LogP contribution is -2.37. The minimum Gasteiger partial charge on any atom is -0.393 e. The van der Waals surface area contributed by atoms with Crippen LogP contribution in [0.3, 0.4) is 0 Å². The highest BCUT2D eigenvalue weighted by molar-refractivity contribution is 4.87. The Balaban J connectivity index is 2.53. The van der Waals surface area contributed by atoms with Crippen molar-refractivity contribution < 1.29 is 5.11 Å². The average Bonchev–Trinajstić information content (AvgIpc) is 2.10. The van der Waals surface area contributed by atoms with Crippen LogP contribution in [0, 0.1) is 11.3 Å². The molecule has 0 aliphatic heterocycles. The van der Waals surface area contributed by atoms with E-state index >= 15 is 0 Å². The first-order chi connectivity index (χ1) is 5.62. The maximum absolute atomic E-state index is 9.93. The summed E-state index contributed by atoms with van der Waals surface area (Å²) in [5, 5.41) is 9.93. The van der Waals surface area contributed by atoms with E-state index in [2.05, 4.69) is 20.8 Å². The van der Waals surface area contributed by atoms with Crippen LogP contribution in [0.5, 0.6) is 0 Å². The number of aliphatic hydroxyl groups is 1. The molecule has 1 saturated carbocycles. The van der Waals surface area contributed by atoms with Gasteiger partial charge in [0.2, 0.25) is 0 Å². The SMILES string of the molecule is CCC1CCC(C)(CC)C(O)C1. The molecule has 0 saturated heterocycles. The molecule has 1 aliphatic rings. The highest BCUT2D eigenvalue weighted by Gasteiger charge is 2.36. The molecule has 1 nitrogen and oxygen atoms in total. The van der Waals surface area contributed by atoms with E-state index in [0.29, 0.717) is 0 Å². The van der Waals surface area contributed by atoms with Gasteiger partial charge in [0.15, 0.2) is 0 Å². The lowest BCUT2D eigenvalue weighted by atomic mass is 9.68. The first kappa shape index (κ1) is 10.0. The zero-order valence-electron chi connectivity index (χ0n) is 8.64. The average molecular weight is 170 g/mol. The predicted octanol–water partition coefficient (Wildman–Crippen LogP) is 2.97. The molecule has 0 aromatic rings. The Hall–Kier alpha value is -0.0400. The van der Waals surface area contributed by atoms with Crippen LogP contribution in [0.15, 0.2) is 0 Å². The molecule has 0 radical (unpaired) electrons. The van der Waals surface area contributed by atoms with Crippen molar-refractivity contribution in [2.45, 2.75) is 59.0 Å². The molecule has 0 spiro atoms. The van der Waals surface area contributed by atoms with E-state index in [-0.39, 0.29) is 11.5 Å². The van der Waals surface area contributed by atoms with Crippen molar-refractivity contribution >= 4 is 0 Å². The van der Waals surface area contributed by atoms with Gasteiger partial charge in [0.05, 0.1) is 6.10 Å². The largest absolute Gasteiger partial charge is 0.393 e. The molecular weight excluding hydrogens is 148 g/mol. The Kier molecular flexibility index (Phi) is 3.16. The van der Waals surface area contributed by atoms with Gasteiger partial charge in [0.25, 0.3) is 0 Å². The second-order valence-corrected chi connectivity index (χ2v) is 4.57.